The number of rotatable bonds is 3. The Morgan fingerprint density at radius 1 is 1.60 bits per heavy atom. The molecule has 0 radical (unpaired) electrons. The standard InChI is InChI=1S/C7H9Cl2N2O3S/c1-6-10(2)3-4-11(6)15(12,13)14-5-7(8)9/h3-5H,1-2H3/q+1. The molecule has 1 rings (SSSR count). The minimum Gasteiger partial charge on any atom is -0.356 e. The predicted molar refractivity (Wildman–Crippen MR) is 55.5 cm³/mol. The SMILES string of the molecule is Cc1n(S(=O)(=O)OC=C(Cl)Cl)cc[n+]1C. The van der Waals surface area contributed by atoms with E-state index in [-0.39, 0.29) is 4.49 Å². The number of imidazole rings is 1. The van der Waals surface area contributed by atoms with Crippen LogP contribution in [0.25, 0.3) is 0 Å². The molecule has 0 spiro atoms. The Bertz CT molecular complexity index is 488. The number of nitrogens with zero attached hydrogens (tertiary/aromatic N) is 2. The van der Waals surface area contributed by atoms with Gasteiger partial charge in [-0.1, -0.05) is 27.2 Å². The van der Waals surface area contributed by atoms with Crippen molar-refractivity contribution in [1.29, 1.82) is 0 Å². The lowest BCUT2D eigenvalue weighted by Gasteiger charge is -1.98. The van der Waals surface area contributed by atoms with E-state index in [0.717, 1.165) is 10.2 Å². The van der Waals surface area contributed by atoms with Crippen molar-refractivity contribution in [2.75, 3.05) is 0 Å². The molecule has 1 aromatic rings. The minimum atomic E-state index is -3.91. The monoisotopic (exact) mass is 271 g/mol. The first kappa shape index (κ1) is 12.4. The molecule has 0 saturated carbocycles. The van der Waals surface area contributed by atoms with E-state index >= 15 is 0 Å². The van der Waals surface area contributed by atoms with Crippen LogP contribution in [0.15, 0.2) is 23.1 Å². The van der Waals surface area contributed by atoms with E-state index in [1.165, 1.54) is 6.20 Å². The predicted octanol–water partition coefficient (Wildman–Crippen LogP) is 1.01. The summed E-state index contributed by atoms with van der Waals surface area (Å²) in [5, 5.41) is 0. The molecular formula is C7H9Cl2N2O3S+. The molecular weight excluding hydrogens is 263 g/mol. The summed E-state index contributed by atoms with van der Waals surface area (Å²) in [7, 11) is -2.20. The normalized spacial score (nSPS) is 11.2. The molecule has 0 aromatic carbocycles. The summed E-state index contributed by atoms with van der Waals surface area (Å²) in [5.41, 5.74) is 0. The third-order valence-electron chi connectivity index (χ3n) is 1.75. The van der Waals surface area contributed by atoms with E-state index < -0.39 is 10.3 Å². The maximum absolute atomic E-state index is 11.5. The van der Waals surface area contributed by atoms with Crippen molar-refractivity contribution >= 4 is 33.5 Å². The molecule has 0 atom stereocenters. The average molecular weight is 272 g/mol. The quantitative estimate of drug-likeness (QED) is 0.609. The number of hydrogen-bond acceptors (Lipinski definition) is 3. The number of halogens is 2. The Balaban J connectivity index is 3.07. The van der Waals surface area contributed by atoms with Gasteiger partial charge in [0, 0.05) is 6.92 Å². The zero-order valence-corrected chi connectivity index (χ0v) is 10.3. The zero-order chi connectivity index (χ0) is 11.6. The average Bonchev–Trinajstić information content (AvgIpc) is 2.45. The highest BCUT2D eigenvalue weighted by Gasteiger charge is 2.24. The molecule has 0 aliphatic heterocycles. The van der Waals surface area contributed by atoms with Gasteiger partial charge in [0.15, 0.2) is 6.20 Å². The lowest BCUT2D eigenvalue weighted by atomic mass is 10.7. The van der Waals surface area contributed by atoms with Crippen LogP contribution in [-0.4, -0.2) is 12.4 Å². The topological polar surface area (TPSA) is 52.2 Å². The van der Waals surface area contributed by atoms with Crippen molar-refractivity contribution in [3.05, 3.63) is 29.0 Å². The van der Waals surface area contributed by atoms with Crippen molar-refractivity contribution in [3.63, 3.8) is 0 Å². The first-order chi connectivity index (χ1) is 6.84. The fourth-order valence-corrected chi connectivity index (χ4v) is 2.07. The summed E-state index contributed by atoms with van der Waals surface area (Å²) in [5.74, 6) is 0.495. The van der Waals surface area contributed by atoms with Gasteiger partial charge < -0.3 is 4.18 Å². The van der Waals surface area contributed by atoms with E-state index in [1.54, 1.807) is 24.7 Å². The van der Waals surface area contributed by atoms with E-state index in [9.17, 15) is 8.42 Å². The van der Waals surface area contributed by atoms with E-state index in [2.05, 4.69) is 4.18 Å². The van der Waals surface area contributed by atoms with Gasteiger partial charge in [0.05, 0.1) is 7.05 Å². The molecule has 0 bridgehead atoms. The van der Waals surface area contributed by atoms with Crippen molar-refractivity contribution in [2.24, 2.45) is 7.05 Å². The second-order valence-corrected chi connectivity index (χ2v) is 5.16. The Labute approximate surface area is 97.7 Å². The summed E-state index contributed by atoms with van der Waals surface area (Å²) in [6.45, 7) is 1.63. The van der Waals surface area contributed by atoms with E-state index in [1.807, 2.05) is 0 Å². The molecule has 5 nitrogen and oxygen atoms in total. The van der Waals surface area contributed by atoms with Crippen LogP contribution in [0, 0.1) is 6.92 Å². The highest BCUT2D eigenvalue weighted by molar-refractivity contribution is 7.85. The van der Waals surface area contributed by atoms with E-state index in [4.69, 9.17) is 23.2 Å². The molecule has 84 valence electrons. The summed E-state index contributed by atoms with van der Waals surface area (Å²) in [4.78, 5) is 0. The second kappa shape index (κ2) is 4.42. The Morgan fingerprint density at radius 2 is 2.20 bits per heavy atom. The fraction of sp³-hybridized carbons (Fsp3) is 0.286. The maximum atomic E-state index is 11.5. The third-order valence-corrected chi connectivity index (χ3v) is 3.14. The maximum Gasteiger partial charge on any atom is 0.491 e. The van der Waals surface area contributed by atoms with Crippen LogP contribution in [0.1, 0.15) is 5.82 Å². The molecule has 0 aliphatic rings. The van der Waals surface area contributed by atoms with Crippen LogP contribution in [-0.2, 0) is 21.5 Å². The molecule has 0 amide bonds. The Hall–Kier alpha value is -0.720. The Morgan fingerprint density at radius 3 is 2.60 bits per heavy atom. The smallest absolute Gasteiger partial charge is 0.356 e. The van der Waals surface area contributed by atoms with Gasteiger partial charge in [0.2, 0.25) is 0 Å². The molecule has 0 N–H and O–H groups in total. The lowest BCUT2D eigenvalue weighted by molar-refractivity contribution is -0.676. The molecule has 0 fully saturated rings. The van der Waals surface area contributed by atoms with Gasteiger partial charge in [-0.25, -0.2) is 4.57 Å². The van der Waals surface area contributed by atoms with Crippen molar-refractivity contribution in [2.45, 2.75) is 6.92 Å². The second-order valence-electron chi connectivity index (χ2n) is 2.71. The molecule has 1 aromatic heterocycles. The van der Waals surface area contributed by atoms with Crippen LogP contribution in [0.3, 0.4) is 0 Å². The first-order valence-corrected chi connectivity index (χ1v) is 5.95. The van der Waals surface area contributed by atoms with Gasteiger partial charge in [0.1, 0.15) is 17.0 Å². The van der Waals surface area contributed by atoms with Gasteiger partial charge in [-0.3, -0.25) is 0 Å². The summed E-state index contributed by atoms with van der Waals surface area (Å²) < 4.78 is 29.9. The number of aromatic nitrogens is 2. The molecule has 15 heavy (non-hydrogen) atoms. The number of aryl methyl sites for hydroxylation is 1. The third kappa shape index (κ3) is 2.87. The zero-order valence-electron chi connectivity index (χ0n) is 8.02. The van der Waals surface area contributed by atoms with Crippen LogP contribution >= 0.6 is 23.2 Å². The largest absolute Gasteiger partial charge is 0.491 e. The van der Waals surface area contributed by atoms with Gasteiger partial charge in [-0.15, -0.1) is 8.42 Å². The van der Waals surface area contributed by atoms with Crippen molar-refractivity contribution in [1.82, 2.24) is 3.97 Å². The van der Waals surface area contributed by atoms with Crippen LogP contribution < -0.4 is 4.57 Å². The molecule has 0 aliphatic carbocycles. The van der Waals surface area contributed by atoms with Crippen LogP contribution in [0.4, 0.5) is 0 Å². The number of hydrogen-bond donors (Lipinski definition) is 0. The lowest BCUT2D eigenvalue weighted by Crippen LogP contribution is -2.31. The van der Waals surface area contributed by atoms with Crippen LogP contribution in [0.2, 0.25) is 0 Å². The molecule has 0 unspecified atom stereocenters. The Kier molecular flexibility index (Phi) is 3.64. The minimum absolute atomic E-state index is 0.271. The van der Waals surface area contributed by atoms with Gasteiger partial charge in [-0.05, 0) is 0 Å². The van der Waals surface area contributed by atoms with Crippen molar-refractivity contribution < 1.29 is 17.2 Å². The molecule has 8 heteroatoms. The van der Waals surface area contributed by atoms with Crippen molar-refractivity contribution in [3.8, 4) is 0 Å². The summed E-state index contributed by atoms with van der Waals surface area (Å²) in [6.07, 6.45) is 3.70. The van der Waals surface area contributed by atoms with Crippen LogP contribution in [0.5, 0.6) is 0 Å². The summed E-state index contributed by atoms with van der Waals surface area (Å²) in [6, 6.07) is 0. The van der Waals surface area contributed by atoms with E-state index in [0.29, 0.717) is 5.82 Å². The highest BCUT2D eigenvalue weighted by atomic mass is 35.5. The van der Waals surface area contributed by atoms with Gasteiger partial charge in [-0.2, -0.15) is 0 Å². The van der Waals surface area contributed by atoms with Gasteiger partial charge in [0.25, 0.3) is 5.82 Å². The fourth-order valence-electron chi connectivity index (χ4n) is 0.912. The van der Waals surface area contributed by atoms with Gasteiger partial charge >= 0.3 is 10.3 Å². The molecule has 1 heterocycles. The molecule has 0 saturated heterocycles. The summed E-state index contributed by atoms with van der Waals surface area (Å²) >= 11 is 10.5. The first-order valence-electron chi connectivity index (χ1n) is 3.83. The highest BCUT2D eigenvalue weighted by Crippen LogP contribution is 2.10.